The van der Waals surface area contributed by atoms with Crippen LogP contribution in [-0.2, 0) is 9.53 Å². The summed E-state index contributed by atoms with van der Waals surface area (Å²) in [6, 6.07) is 10.1. The standard InChI is InChI=1S/C20H23N3O4/c1-13(2)23-17(11-24)19(27-12-18(23)25)14-5-7-16(8-6-14)22-20(26)15-4-3-9-21-10-15/h3-10,13,17,19,24H,11-12H2,1-2H3,(H,22,26)/t17-,19-/m1/s1. The normalized spacial score (nSPS) is 20.0. The molecular weight excluding hydrogens is 346 g/mol. The third-order valence-corrected chi connectivity index (χ3v) is 4.55. The van der Waals surface area contributed by atoms with E-state index in [0.717, 1.165) is 5.56 Å². The molecule has 0 aliphatic carbocycles. The van der Waals surface area contributed by atoms with Gasteiger partial charge in [0.2, 0.25) is 5.91 Å². The first-order valence-corrected chi connectivity index (χ1v) is 8.86. The molecule has 1 aromatic carbocycles. The molecule has 7 nitrogen and oxygen atoms in total. The molecule has 1 saturated heterocycles. The van der Waals surface area contributed by atoms with Crippen LogP contribution in [0.3, 0.4) is 0 Å². The maximum atomic E-state index is 12.2. The third kappa shape index (κ3) is 4.15. The fraction of sp³-hybridized carbons (Fsp3) is 0.350. The minimum Gasteiger partial charge on any atom is -0.394 e. The van der Waals surface area contributed by atoms with E-state index >= 15 is 0 Å². The van der Waals surface area contributed by atoms with E-state index in [-0.39, 0.29) is 31.1 Å². The number of aliphatic hydroxyl groups is 1. The van der Waals surface area contributed by atoms with Gasteiger partial charge >= 0.3 is 0 Å². The van der Waals surface area contributed by atoms with Gasteiger partial charge in [-0.1, -0.05) is 12.1 Å². The average Bonchev–Trinajstić information content (AvgIpc) is 2.68. The van der Waals surface area contributed by atoms with Gasteiger partial charge in [0.15, 0.2) is 0 Å². The van der Waals surface area contributed by atoms with Gasteiger partial charge in [-0.2, -0.15) is 0 Å². The van der Waals surface area contributed by atoms with Crippen LogP contribution in [0.25, 0.3) is 0 Å². The first kappa shape index (κ1) is 19.0. The molecule has 0 saturated carbocycles. The highest BCUT2D eigenvalue weighted by Gasteiger charge is 2.38. The first-order valence-electron chi connectivity index (χ1n) is 8.86. The number of aliphatic hydroxyl groups excluding tert-OH is 1. The SMILES string of the molecule is CC(C)N1C(=O)CO[C@H](c2ccc(NC(=O)c3cccnc3)cc2)[C@H]1CO. The molecule has 2 atom stereocenters. The molecular formula is C20H23N3O4. The number of morpholine rings is 1. The number of carbonyl (C=O) groups excluding carboxylic acids is 2. The van der Waals surface area contributed by atoms with E-state index in [0.29, 0.717) is 11.3 Å². The largest absolute Gasteiger partial charge is 0.394 e. The summed E-state index contributed by atoms with van der Waals surface area (Å²) in [5, 5.41) is 12.6. The molecule has 7 heteroatoms. The van der Waals surface area contributed by atoms with Crippen molar-refractivity contribution < 1.29 is 19.4 Å². The van der Waals surface area contributed by atoms with Gasteiger partial charge in [0.05, 0.1) is 18.2 Å². The van der Waals surface area contributed by atoms with Crippen molar-refractivity contribution in [3.05, 3.63) is 59.9 Å². The molecule has 1 fully saturated rings. The summed E-state index contributed by atoms with van der Waals surface area (Å²) in [6.07, 6.45) is 2.69. The van der Waals surface area contributed by atoms with Crippen LogP contribution in [0.2, 0.25) is 0 Å². The number of carbonyl (C=O) groups is 2. The molecule has 0 unspecified atom stereocenters. The second kappa shape index (κ2) is 8.28. The number of ether oxygens (including phenoxy) is 1. The Kier molecular flexibility index (Phi) is 5.83. The Bertz CT molecular complexity index is 793. The van der Waals surface area contributed by atoms with E-state index in [1.807, 2.05) is 26.0 Å². The molecule has 1 aromatic heterocycles. The molecule has 2 amide bonds. The van der Waals surface area contributed by atoms with Gasteiger partial charge in [-0.05, 0) is 43.7 Å². The zero-order chi connectivity index (χ0) is 19.4. The highest BCUT2D eigenvalue weighted by atomic mass is 16.5. The van der Waals surface area contributed by atoms with Crippen molar-refractivity contribution >= 4 is 17.5 Å². The predicted molar refractivity (Wildman–Crippen MR) is 100 cm³/mol. The molecule has 0 radical (unpaired) electrons. The summed E-state index contributed by atoms with van der Waals surface area (Å²) in [6.45, 7) is 3.63. The molecule has 2 N–H and O–H groups in total. The Labute approximate surface area is 158 Å². The third-order valence-electron chi connectivity index (χ3n) is 4.55. The van der Waals surface area contributed by atoms with Crippen LogP contribution < -0.4 is 5.32 Å². The zero-order valence-corrected chi connectivity index (χ0v) is 15.3. The maximum absolute atomic E-state index is 12.2. The molecule has 1 aliphatic heterocycles. The monoisotopic (exact) mass is 369 g/mol. The molecule has 2 aromatic rings. The molecule has 3 rings (SSSR count). The summed E-state index contributed by atoms with van der Waals surface area (Å²) in [7, 11) is 0. The van der Waals surface area contributed by atoms with Crippen LogP contribution >= 0.6 is 0 Å². The first-order chi connectivity index (χ1) is 13.0. The van der Waals surface area contributed by atoms with Crippen molar-refractivity contribution in [2.75, 3.05) is 18.5 Å². The Morgan fingerprint density at radius 3 is 2.67 bits per heavy atom. The Morgan fingerprint density at radius 1 is 1.33 bits per heavy atom. The predicted octanol–water partition coefficient (Wildman–Crippen LogP) is 2.00. The number of hydrogen-bond acceptors (Lipinski definition) is 5. The van der Waals surface area contributed by atoms with Gasteiger partial charge in [0.25, 0.3) is 5.91 Å². The van der Waals surface area contributed by atoms with Crippen LogP contribution in [0.15, 0.2) is 48.8 Å². The average molecular weight is 369 g/mol. The van der Waals surface area contributed by atoms with E-state index in [9.17, 15) is 14.7 Å². The van der Waals surface area contributed by atoms with Crippen LogP contribution in [0.1, 0.15) is 35.9 Å². The number of rotatable bonds is 5. The van der Waals surface area contributed by atoms with Crippen LogP contribution in [0, 0.1) is 0 Å². The highest BCUT2D eigenvalue weighted by molar-refractivity contribution is 6.04. The lowest BCUT2D eigenvalue weighted by Crippen LogP contribution is -2.55. The highest BCUT2D eigenvalue weighted by Crippen LogP contribution is 2.31. The van der Waals surface area contributed by atoms with Crippen molar-refractivity contribution in [2.45, 2.75) is 32.0 Å². The van der Waals surface area contributed by atoms with E-state index in [4.69, 9.17) is 4.74 Å². The maximum Gasteiger partial charge on any atom is 0.257 e. The minimum atomic E-state index is -0.443. The summed E-state index contributed by atoms with van der Waals surface area (Å²) in [5.74, 6) is -0.366. The molecule has 27 heavy (non-hydrogen) atoms. The van der Waals surface area contributed by atoms with E-state index < -0.39 is 12.1 Å². The summed E-state index contributed by atoms with van der Waals surface area (Å²) in [4.78, 5) is 29.9. The minimum absolute atomic E-state index is 0.0150. The fourth-order valence-corrected chi connectivity index (χ4v) is 3.31. The van der Waals surface area contributed by atoms with E-state index in [1.165, 1.54) is 6.20 Å². The molecule has 0 spiro atoms. The van der Waals surface area contributed by atoms with Crippen molar-refractivity contribution in [2.24, 2.45) is 0 Å². The fourth-order valence-electron chi connectivity index (χ4n) is 3.31. The molecule has 2 heterocycles. The quantitative estimate of drug-likeness (QED) is 0.841. The van der Waals surface area contributed by atoms with Gasteiger partial charge in [-0.25, -0.2) is 0 Å². The lowest BCUT2D eigenvalue weighted by Gasteiger charge is -2.42. The van der Waals surface area contributed by atoms with Crippen LogP contribution in [0.4, 0.5) is 5.69 Å². The van der Waals surface area contributed by atoms with Crippen LogP contribution in [0.5, 0.6) is 0 Å². The molecule has 0 bridgehead atoms. The summed E-state index contributed by atoms with van der Waals surface area (Å²) >= 11 is 0. The second-order valence-electron chi connectivity index (χ2n) is 6.69. The van der Waals surface area contributed by atoms with Crippen LogP contribution in [-0.4, -0.2) is 52.1 Å². The smallest absolute Gasteiger partial charge is 0.257 e. The summed E-state index contributed by atoms with van der Waals surface area (Å²) in [5.41, 5.74) is 1.95. The zero-order valence-electron chi connectivity index (χ0n) is 15.3. The van der Waals surface area contributed by atoms with Gasteiger partial charge < -0.3 is 20.1 Å². The topological polar surface area (TPSA) is 91.8 Å². The Balaban J connectivity index is 1.74. The van der Waals surface area contributed by atoms with E-state index in [2.05, 4.69) is 10.3 Å². The van der Waals surface area contributed by atoms with Gasteiger partial charge in [0, 0.05) is 24.1 Å². The van der Waals surface area contributed by atoms with Crippen molar-refractivity contribution in [3.8, 4) is 0 Å². The van der Waals surface area contributed by atoms with Crippen molar-refractivity contribution in [1.82, 2.24) is 9.88 Å². The Morgan fingerprint density at radius 2 is 2.07 bits per heavy atom. The number of aromatic nitrogens is 1. The number of amides is 2. The molecule has 142 valence electrons. The number of anilines is 1. The van der Waals surface area contributed by atoms with Crippen molar-refractivity contribution in [1.29, 1.82) is 0 Å². The van der Waals surface area contributed by atoms with Gasteiger partial charge in [-0.3, -0.25) is 14.6 Å². The number of benzene rings is 1. The number of pyridine rings is 1. The lowest BCUT2D eigenvalue weighted by molar-refractivity contribution is -0.164. The second-order valence-corrected chi connectivity index (χ2v) is 6.69. The molecule has 1 aliphatic rings. The lowest BCUT2D eigenvalue weighted by atomic mass is 9.98. The van der Waals surface area contributed by atoms with Gasteiger partial charge in [0.1, 0.15) is 12.7 Å². The Hall–Kier alpha value is -2.77. The van der Waals surface area contributed by atoms with Gasteiger partial charge in [-0.15, -0.1) is 0 Å². The number of nitrogens with one attached hydrogen (secondary N) is 1. The van der Waals surface area contributed by atoms with Crippen molar-refractivity contribution in [3.63, 3.8) is 0 Å². The summed E-state index contributed by atoms with van der Waals surface area (Å²) < 4.78 is 5.70. The number of hydrogen-bond donors (Lipinski definition) is 2. The number of nitrogens with zero attached hydrogens (tertiary/aromatic N) is 2. The van der Waals surface area contributed by atoms with E-state index in [1.54, 1.807) is 35.4 Å².